The average Bonchev–Trinajstić information content (AvgIpc) is 1.21. The fourth-order valence-corrected chi connectivity index (χ4v) is 1.28. The minimum absolute atomic E-state index is 1.43. The van der Waals surface area contributed by atoms with Crippen molar-refractivity contribution < 1.29 is 12.6 Å². The van der Waals surface area contributed by atoms with E-state index < -0.39 is 14.4 Å². The number of rotatable bonds is 2. The molecule has 0 aliphatic rings. The second kappa shape index (κ2) is 3.08. The van der Waals surface area contributed by atoms with Gasteiger partial charge in [-0.25, -0.2) is 4.18 Å². The molecule has 0 saturated carbocycles. The Balaban J connectivity index is 3.75. The molecule has 0 rings (SSSR count). The molecule has 0 amide bonds. The zero-order valence-electron chi connectivity index (χ0n) is 3.34. The van der Waals surface area contributed by atoms with Crippen molar-refractivity contribution in [3.63, 3.8) is 0 Å². The van der Waals surface area contributed by atoms with Crippen LogP contribution >= 0.6 is 33.9 Å². The Labute approximate surface area is 61.1 Å². The van der Waals surface area contributed by atoms with E-state index in [9.17, 15) is 8.42 Å². The highest BCUT2D eigenvalue weighted by Crippen LogP contribution is 2.10. The first-order valence-corrected chi connectivity index (χ1v) is 4.43. The van der Waals surface area contributed by atoms with Crippen molar-refractivity contribution in [2.75, 3.05) is 0 Å². The minimum atomic E-state index is -4.02. The summed E-state index contributed by atoms with van der Waals surface area (Å²) in [6.07, 6.45) is 0. The molecule has 0 saturated heterocycles. The van der Waals surface area contributed by atoms with Gasteiger partial charge in [0.15, 0.2) is 0 Å². The Bertz CT molecular complexity index is 148. The summed E-state index contributed by atoms with van der Waals surface area (Å²) < 4.78 is 23.3. The van der Waals surface area contributed by atoms with Gasteiger partial charge in [-0.2, -0.15) is 8.42 Å². The van der Waals surface area contributed by atoms with Gasteiger partial charge in [0.2, 0.25) is 5.02 Å². The first kappa shape index (κ1) is 8.78. The highest BCUT2D eigenvalue weighted by atomic mass is 35.7. The van der Waals surface area contributed by atoms with Crippen LogP contribution in [0.3, 0.4) is 0 Å². The van der Waals surface area contributed by atoms with E-state index in [1.54, 1.807) is 0 Å². The van der Waals surface area contributed by atoms with E-state index in [-0.39, 0.29) is 0 Å². The number of alkyl halides is 2. The van der Waals surface area contributed by atoms with Crippen LogP contribution in [0.2, 0.25) is 0 Å². The molecule has 0 spiro atoms. The summed E-state index contributed by atoms with van der Waals surface area (Å²) in [7, 11) is 0.494. The van der Waals surface area contributed by atoms with Crippen molar-refractivity contribution in [1.29, 1.82) is 0 Å². The van der Waals surface area contributed by atoms with Crippen LogP contribution in [0.25, 0.3) is 0 Å². The van der Waals surface area contributed by atoms with Crippen LogP contribution in [-0.2, 0) is 13.5 Å². The molecule has 0 aromatic carbocycles. The molecular weight excluding hydrogens is 198 g/mol. The maximum atomic E-state index is 9.82. The second-order valence-electron chi connectivity index (χ2n) is 0.750. The lowest BCUT2D eigenvalue weighted by molar-refractivity contribution is 0.362. The lowest BCUT2D eigenvalue weighted by Crippen LogP contribution is -2.00. The molecule has 0 N–H and O–H groups in total. The Kier molecular flexibility index (Phi) is 3.38. The van der Waals surface area contributed by atoms with Gasteiger partial charge in [0.05, 0.1) is 0 Å². The summed E-state index contributed by atoms with van der Waals surface area (Å²) in [6.45, 7) is 0. The van der Waals surface area contributed by atoms with Crippen molar-refractivity contribution in [2.45, 2.75) is 5.02 Å². The fraction of sp³-hybridized carbons (Fsp3) is 1.00. The van der Waals surface area contributed by atoms with Crippen LogP contribution in [0.4, 0.5) is 0 Å². The molecule has 0 heterocycles. The average molecular weight is 199 g/mol. The predicted octanol–water partition coefficient (Wildman–Crippen LogP) is 1.25. The van der Waals surface area contributed by atoms with Crippen molar-refractivity contribution in [3.8, 4) is 0 Å². The van der Waals surface area contributed by atoms with Gasteiger partial charge in [0, 0.05) is 10.7 Å². The third-order valence-corrected chi connectivity index (χ3v) is 1.22. The van der Waals surface area contributed by atoms with Crippen LogP contribution in [-0.4, -0.2) is 13.4 Å². The molecule has 0 aliphatic heterocycles. The maximum Gasteiger partial charge on any atom is 0.358 e. The largest absolute Gasteiger partial charge is 0.358 e. The maximum absolute atomic E-state index is 9.82. The molecule has 0 radical (unpaired) electrons. The van der Waals surface area contributed by atoms with Crippen molar-refractivity contribution in [2.24, 2.45) is 0 Å². The van der Waals surface area contributed by atoms with Gasteiger partial charge < -0.3 is 0 Å². The molecule has 3 nitrogen and oxygen atoms in total. The van der Waals surface area contributed by atoms with E-state index in [2.05, 4.69) is 14.9 Å². The Morgan fingerprint density at radius 3 is 1.75 bits per heavy atom. The Morgan fingerprint density at radius 2 is 1.75 bits per heavy atom. The van der Waals surface area contributed by atoms with Gasteiger partial charge in [-0.3, -0.25) is 0 Å². The van der Waals surface area contributed by atoms with E-state index in [1.165, 1.54) is 0 Å². The smallest absolute Gasteiger partial charge is 0.222 e. The first-order chi connectivity index (χ1) is 3.42. The van der Waals surface area contributed by atoms with E-state index >= 15 is 0 Å². The third-order valence-electron chi connectivity index (χ3n) is 0.188. The summed E-state index contributed by atoms with van der Waals surface area (Å²) in [5.41, 5.74) is 0. The molecule has 0 aromatic rings. The van der Waals surface area contributed by atoms with Gasteiger partial charge in [-0.1, -0.05) is 23.2 Å². The number of hydrogen-bond acceptors (Lipinski definition) is 3. The normalized spacial score (nSPS) is 12.5. The molecule has 8 heavy (non-hydrogen) atoms. The predicted molar refractivity (Wildman–Crippen MR) is 31.4 cm³/mol. The quantitative estimate of drug-likeness (QED) is 0.496. The topological polar surface area (TPSA) is 43.4 Å². The van der Waals surface area contributed by atoms with Gasteiger partial charge in [-0.05, 0) is 0 Å². The standard InChI is InChI=1S/CHCl3O3S/c2-1(3)7-8(4,5)6/h1H. The van der Waals surface area contributed by atoms with Crippen LogP contribution in [0.1, 0.15) is 0 Å². The van der Waals surface area contributed by atoms with Gasteiger partial charge in [0.1, 0.15) is 0 Å². The SMILES string of the molecule is O=S(=O)(Cl)OC(Cl)Cl. The summed E-state index contributed by atoms with van der Waals surface area (Å²) in [4.78, 5) is 0. The summed E-state index contributed by atoms with van der Waals surface area (Å²) in [5, 5.41) is -1.43. The van der Waals surface area contributed by atoms with E-state index in [0.717, 1.165) is 0 Å². The monoisotopic (exact) mass is 198 g/mol. The molecule has 7 heteroatoms. The van der Waals surface area contributed by atoms with E-state index in [1.807, 2.05) is 0 Å². The van der Waals surface area contributed by atoms with Crippen LogP contribution in [0, 0.1) is 0 Å². The molecule has 0 aliphatic carbocycles. The van der Waals surface area contributed by atoms with E-state index in [0.29, 0.717) is 0 Å². The molecule has 0 bridgehead atoms. The molecule has 0 atom stereocenters. The van der Waals surface area contributed by atoms with E-state index in [4.69, 9.17) is 23.2 Å². The van der Waals surface area contributed by atoms with Crippen molar-refractivity contribution in [3.05, 3.63) is 0 Å². The summed E-state index contributed by atoms with van der Waals surface area (Å²) in [5.74, 6) is 0. The van der Waals surface area contributed by atoms with Crippen molar-refractivity contribution >= 4 is 43.2 Å². The van der Waals surface area contributed by atoms with Gasteiger partial charge in [-0.15, -0.1) is 0 Å². The zero-order chi connectivity index (χ0) is 6.78. The third kappa shape index (κ3) is 6.78. The van der Waals surface area contributed by atoms with Crippen LogP contribution in [0.15, 0.2) is 0 Å². The summed E-state index contributed by atoms with van der Waals surface area (Å²) in [6, 6.07) is 0. The van der Waals surface area contributed by atoms with Crippen molar-refractivity contribution in [1.82, 2.24) is 0 Å². The van der Waals surface area contributed by atoms with Gasteiger partial charge >= 0.3 is 9.33 Å². The minimum Gasteiger partial charge on any atom is -0.222 e. The second-order valence-corrected chi connectivity index (χ2v) is 3.88. The molecule has 0 unspecified atom stereocenters. The summed E-state index contributed by atoms with van der Waals surface area (Å²) >= 11 is 9.68. The number of halogens is 3. The zero-order valence-corrected chi connectivity index (χ0v) is 6.43. The van der Waals surface area contributed by atoms with Crippen LogP contribution < -0.4 is 0 Å². The fourth-order valence-electron chi connectivity index (χ4n) is 0.0869. The highest BCUT2D eigenvalue weighted by molar-refractivity contribution is 8.10. The molecule has 0 fully saturated rings. The molecule has 0 aromatic heterocycles. The molecule has 50 valence electrons. The van der Waals surface area contributed by atoms with Crippen LogP contribution in [0.5, 0.6) is 0 Å². The Hall–Kier alpha value is 0.780. The highest BCUT2D eigenvalue weighted by Gasteiger charge is 2.09. The first-order valence-electron chi connectivity index (χ1n) is 1.33. The van der Waals surface area contributed by atoms with Gasteiger partial charge in [0.25, 0.3) is 0 Å². The lowest BCUT2D eigenvalue weighted by Gasteiger charge is -1.94. The number of hydrogen-bond donors (Lipinski definition) is 0. The lowest BCUT2D eigenvalue weighted by atomic mass is 11.7. The Morgan fingerprint density at radius 1 is 1.38 bits per heavy atom. The molecular formula is CHCl3O3S.